The molecule has 3 N–H and O–H groups in total. The van der Waals surface area contributed by atoms with E-state index in [1.54, 1.807) is 26.1 Å². The Morgan fingerprint density at radius 2 is 2.26 bits per heavy atom. The Labute approximate surface area is 110 Å². The van der Waals surface area contributed by atoms with Gasteiger partial charge in [0, 0.05) is 7.05 Å². The van der Waals surface area contributed by atoms with Crippen LogP contribution in [0.2, 0.25) is 0 Å². The number of halogens is 1. The fourth-order valence-electron chi connectivity index (χ4n) is 1.83. The van der Waals surface area contributed by atoms with Crippen LogP contribution in [0.15, 0.2) is 24.3 Å². The lowest BCUT2D eigenvalue weighted by molar-refractivity contribution is -0.115. The molecule has 0 radical (unpaired) electrons. The van der Waals surface area contributed by atoms with Gasteiger partial charge >= 0.3 is 0 Å². The van der Waals surface area contributed by atoms with Crippen molar-refractivity contribution in [1.29, 1.82) is 0 Å². The van der Waals surface area contributed by atoms with Crippen molar-refractivity contribution >= 4 is 17.4 Å². The Morgan fingerprint density at radius 3 is 2.84 bits per heavy atom. The van der Waals surface area contributed by atoms with Crippen LogP contribution in [0.25, 0.3) is 0 Å². The molecule has 1 heterocycles. The molecule has 0 saturated carbocycles. The van der Waals surface area contributed by atoms with Crippen LogP contribution in [0.5, 0.6) is 0 Å². The summed E-state index contributed by atoms with van der Waals surface area (Å²) < 4.78 is 14.5. The van der Waals surface area contributed by atoms with Gasteiger partial charge in [0.25, 0.3) is 0 Å². The van der Waals surface area contributed by atoms with Crippen molar-refractivity contribution in [3.8, 4) is 0 Å². The molecular formula is C13H15FN4O. The van der Waals surface area contributed by atoms with Gasteiger partial charge in [-0.25, -0.2) is 4.39 Å². The van der Waals surface area contributed by atoms with E-state index in [4.69, 9.17) is 5.73 Å². The Bertz CT molecular complexity index is 621. The fraction of sp³-hybridized carbons (Fsp3) is 0.231. The number of rotatable bonds is 3. The molecule has 19 heavy (non-hydrogen) atoms. The van der Waals surface area contributed by atoms with Gasteiger partial charge in [0.2, 0.25) is 5.91 Å². The van der Waals surface area contributed by atoms with Crippen molar-refractivity contribution in [3.63, 3.8) is 0 Å². The molecule has 1 amide bonds. The summed E-state index contributed by atoms with van der Waals surface area (Å²) in [6.07, 6.45) is 0.0847. The molecule has 0 unspecified atom stereocenters. The number of anilines is 2. The lowest BCUT2D eigenvalue weighted by Gasteiger charge is -2.06. The molecule has 0 bridgehead atoms. The molecule has 0 aliphatic rings. The second-order valence-electron chi connectivity index (χ2n) is 4.33. The third-order valence-electron chi connectivity index (χ3n) is 2.78. The molecule has 0 atom stereocenters. The fourth-order valence-corrected chi connectivity index (χ4v) is 1.83. The lowest BCUT2D eigenvalue weighted by Crippen LogP contribution is -2.17. The highest BCUT2D eigenvalue weighted by Gasteiger charge is 2.13. The number of hydrogen-bond donors (Lipinski definition) is 2. The first kappa shape index (κ1) is 13.1. The van der Waals surface area contributed by atoms with Crippen molar-refractivity contribution in [2.75, 3.05) is 11.1 Å². The van der Waals surface area contributed by atoms with E-state index in [1.807, 2.05) is 0 Å². The van der Waals surface area contributed by atoms with Crippen molar-refractivity contribution in [2.45, 2.75) is 13.3 Å². The number of amides is 1. The van der Waals surface area contributed by atoms with Crippen molar-refractivity contribution in [2.24, 2.45) is 7.05 Å². The van der Waals surface area contributed by atoms with Crippen molar-refractivity contribution in [1.82, 2.24) is 9.78 Å². The molecule has 100 valence electrons. The first-order valence-corrected chi connectivity index (χ1v) is 5.80. The molecule has 0 aliphatic carbocycles. The highest BCUT2D eigenvalue weighted by Crippen LogP contribution is 2.21. The van der Waals surface area contributed by atoms with Crippen LogP contribution in [-0.2, 0) is 18.3 Å². The van der Waals surface area contributed by atoms with Gasteiger partial charge < -0.3 is 11.1 Å². The van der Waals surface area contributed by atoms with E-state index in [2.05, 4.69) is 10.4 Å². The molecule has 2 aromatic rings. The Hall–Kier alpha value is -2.37. The summed E-state index contributed by atoms with van der Waals surface area (Å²) in [7, 11) is 1.70. The monoisotopic (exact) mass is 262 g/mol. The van der Waals surface area contributed by atoms with E-state index in [9.17, 15) is 9.18 Å². The highest BCUT2D eigenvalue weighted by molar-refractivity contribution is 5.94. The number of nitrogens with zero attached hydrogens (tertiary/aromatic N) is 2. The predicted molar refractivity (Wildman–Crippen MR) is 71.1 cm³/mol. The number of benzene rings is 1. The van der Waals surface area contributed by atoms with E-state index in [-0.39, 0.29) is 18.1 Å². The summed E-state index contributed by atoms with van der Waals surface area (Å²) in [5, 5.41) is 6.78. The maximum Gasteiger partial charge on any atom is 0.229 e. The molecule has 1 aromatic carbocycles. The Balaban J connectivity index is 2.09. The average Bonchev–Trinajstić information content (AvgIpc) is 2.56. The number of nitrogen functional groups attached to an aromatic ring is 1. The molecule has 5 nitrogen and oxygen atoms in total. The predicted octanol–water partition coefficient (Wildman–Crippen LogP) is 1.63. The van der Waals surface area contributed by atoms with Gasteiger partial charge in [0.15, 0.2) is 5.82 Å². The Kier molecular flexibility index (Phi) is 3.50. The summed E-state index contributed by atoms with van der Waals surface area (Å²) in [4.78, 5) is 11.9. The van der Waals surface area contributed by atoms with Crippen LogP contribution in [0.4, 0.5) is 15.9 Å². The van der Waals surface area contributed by atoms with Gasteiger partial charge in [-0.1, -0.05) is 12.1 Å². The zero-order valence-corrected chi connectivity index (χ0v) is 10.8. The molecule has 6 heteroatoms. The molecule has 1 aromatic heterocycles. The van der Waals surface area contributed by atoms with Crippen LogP contribution in [0.3, 0.4) is 0 Å². The zero-order chi connectivity index (χ0) is 14.0. The number of nitrogens with two attached hydrogens (primary N) is 1. The third-order valence-corrected chi connectivity index (χ3v) is 2.78. The first-order valence-electron chi connectivity index (χ1n) is 5.80. The van der Waals surface area contributed by atoms with Crippen molar-refractivity contribution < 1.29 is 9.18 Å². The summed E-state index contributed by atoms with van der Waals surface area (Å²) >= 11 is 0. The summed E-state index contributed by atoms with van der Waals surface area (Å²) in [5.41, 5.74) is 7.51. The van der Waals surface area contributed by atoms with E-state index in [0.717, 1.165) is 0 Å². The molecule has 2 rings (SSSR count). The first-order chi connectivity index (χ1) is 8.97. The number of nitrogens with one attached hydrogen (secondary N) is 1. The highest BCUT2D eigenvalue weighted by atomic mass is 19.1. The lowest BCUT2D eigenvalue weighted by atomic mass is 10.1. The van der Waals surface area contributed by atoms with E-state index in [0.29, 0.717) is 22.8 Å². The van der Waals surface area contributed by atoms with Crippen LogP contribution in [-0.4, -0.2) is 15.7 Å². The van der Waals surface area contributed by atoms with Gasteiger partial charge in [-0.2, -0.15) is 5.10 Å². The second kappa shape index (κ2) is 5.09. The molecule has 0 spiro atoms. The van der Waals surface area contributed by atoms with Crippen LogP contribution >= 0.6 is 0 Å². The van der Waals surface area contributed by atoms with Gasteiger partial charge in [0.1, 0.15) is 5.82 Å². The summed E-state index contributed by atoms with van der Waals surface area (Å²) in [6.45, 7) is 1.76. The van der Waals surface area contributed by atoms with Gasteiger partial charge in [-0.15, -0.1) is 0 Å². The van der Waals surface area contributed by atoms with Gasteiger partial charge in [-0.3, -0.25) is 9.48 Å². The van der Waals surface area contributed by atoms with Crippen LogP contribution < -0.4 is 11.1 Å². The average molecular weight is 262 g/mol. The minimum Gasteiger partial charge on any atom is -0.394 e. The molecule has 0 saturated heterocycles. The zero-order valence-electron chi connectivity index (χ0n) is 10.8. The minimum absolute atomic E-state index is 0.0847. The quantitative estimate of drug-likeness (QED) is 0.883. The minimum atomic E-state index is -0.360. The second-order valence-corrected chi connectivity index (χ2v) is 4.33. The van der Waals surface area contributed by atoms with Crippen LogP contribution in [0.1, 0.15) is 11.3 Å². The van der Waals surface area contributed by atoms with Crippen LogP contribution in [0, 0.1) is 12.7 Å². The molecule has 0 aliphatic heterocycles. The molecular weight excluding hydrogens is 247 g/mol. The Morgan fingerprint density at radius 1 is 1.53 bits per heavy atom. The third kappa shape index (κ3) is 2.90. The maximum atomic E-state index is 13.0. The number of hydrogen-bond acceptors (Lipinski definition) is 3. The summed E-state index contributed by atoms with van der Waals surface area (Å²) in [5.74, 6) is -0.166. The summed E-state index contributed by atoms with van der Waals surface area (Å²) in [6, 6.07) is 5.93. The number of aryl methyl sites for hydroxylation is 2. The van der Waals surface area contributed by atoms with Gasteiger partial charge in [0.05, 0.1) is 17.8 Å². The van der Waals surface area contributed by atoms with E-state index >= 15 is 0 Å². The van der Waals surface area contributed by atoms with E-state index < -0.39 is 0 Å². The number of carbonyl (C=O) groups excluding carboxylic acids is 1. The van der Waals surface area contributed by atoms with Gasteiger partial charge in [-0.05, 0) is 24.6 Å². The molecule has 0 fully saturated rings. The SMILES string of the molecule is Cc1nn(C)c(NC(=O)Cc2cccc(F)c2)c1N. The standard InChI is InChI=1S/C13H15FN4O/c1-8-12(15)13(18(2)17-8)16-11(19)7-9-4-3-5-10(14)6-9/h3-6H,7,15H2,1-2H3,(H,16,19). The largest absolute Gasteiger partial charge is 0.394 e. The topological polar surface area (TPSA) is 72.9 Å². The number of carbonyl (C=O) groups is 1. The normalized spacial score (nSPS) is 10.5. The maximum absolute atomic E-state index is 13.0. The number of aromatic nitrogens is 2. The van der Waals surface area contributed by atoms with E-state index in [1.165, 1.54) is 16.8 Å². The van der Waals surface area contributed by atoms with Crippen molar-refractivity contribution in [3.05, 3.63) is 41.3 Å². The smallest absolute Gasteiger partial charge is 0.229 e.